The number of carbonyl (C=O) groups is 2. The number of hydrogen-bond donors (Lipinski definition) is 2. The summed E-state index contributed by atoms with van der Waals surface area (Å²) in [4.78, 5) is 22.6. The molecule has 0 spiro atoms. The predicted molar refractivity (Wildman–Crippen MR) is 71.7 cm³/mol. The average molecular weight is 272 g/mol. The maximum Gasteiger partial charge on any atom is 0.303 e. The number of carbonyl (C=O) groups excluding carboxylic acids is 2. The van der Waals surface area contributed by atoms with E-state index >= 15 is 0 Å². The number of Topliss-reactive ketones (excluding diaryl/α,β-unsaturated/α-hetero) is 1. The van der Waals surface area contributed by atoms with E-state index in [-0.39, 0.29) is 35.7 Å². The topological polar surface area (TPSA) is 81.4 Å². The smallest absolute Gasteiger partial charge is 0.303 e. The zero-order valence-corrected chi connectivity index (χ0v) is 11.8. The molecule has 5 nitrogen and oxygen atoms in total. The lowest BCUT2D eigenvalue weighted by molar-refractivity contribution is -0.140. The summed E-state index contributed by atoms with van der Waals surface area (Å²) < 4.78 is 4.85. The normalized spacial score (nSPS) is 20.3. The molecule has 102 valence electrons. The molecule has 0 bridgehead atoms. The van der Waals surface area contributed by atoms with E-state index in [4.69, 9.17) is 10.5 Å². The number of rotatable bonds is 6. The lowest BCUT2D eigenvalue weighted by Crippen LogP contribution is -2.37. The number of esters is 1. The van der Waals surface area contributed by atoms with Crippen molar-refractivity contribution in [3.8, 4) is 0 Å². The molecular weight excluding hydrogens is 252 g/mol. The van der Waals surface area contributed by atoms with Gasteiger partial charge in [0.1, 0.15) is 12.0 Å². The molecule has 0 aromatic carbocycles. The van der Waals surface area contributed by atoms with Crippen molar-refractivity contribution in [2.75, 3.05) is 6.61 Å². The first-order chi connectivity index (χ1) is 8.40. The third-order valence-corrected chi connectivity index (χ3v) is 3.75. The van der Waals surface area contributed by atoms with Crippen LogP contribution in [0.25, 0.3) is 0 Å². The monoisotopic (exact) mass is 272 g/mol. The maximum atomic E-state index is 11.9. The Morgan fingerprint density at radius 3 is 2.78 bits per heavy atom. The van der Waals surface area contributed by atoms with E-state index in [0.29, 0.717) is 6.42 Å². The fourth-order valence-corrected chi connectivity index (χ4v) is 2.28. The molecule has 1 aliphatic rings. The van der Waals surface area contributed by atoms with Crippen molar-refractivity contribution in [3.05, 3.63) is 11.1 Å². The molecule has 3 N–H and O–H groups in total. The summed E-state index contributed by atoms with van der Waals surface area (Å²) in [6.45, 7) is 5.53. The molecular formula is C12H20N2O3S. The highest BCUT2D eigenvalue weighted by Gasteiger charge is 2.26. The standard InChI is InChI=1S/C12H20N2O3S/c1-7(2)10(13)4-11(16)12-14-9(6-18-12)5-17-8(3)15/h6-7,10,12,14H,4-5,13H2,1-3H3. The average Bonchev–Trinajstić information content (AvgIpc) is 2.74. The quantitative estimate of drug-likeness (QED) is 0.702. The molecule has 1 aliphatic heterocycles. The van der Waals surface area contributed by atoms with Crippen LogP contribution in [-0.2, 0) is 14.3 Å². The summed E-state index contributed by atoms with van der Waals surface area (Å²) in [5, 5.41) is 4.54. The number of nitrogens with two attached hydrogens (primary N) is 1. The van der Waals surface area contributed by atoms with Crippen molar-refractivity contribution in [3.63, 3.8) is 0 Å². The third-order valence-electron chi connectivity index (χ3n) is 2.68. The minimum Gasteiger partial charge on any atom is -0.459 e. The van der Waals surface area contributed by atoms with Crippen molar-refractivity contribution in [1.82, 2.24) is 5.32 Å². The van der Waals surface area contributed by atoms with Crippen LogP contribution in [0.3, 0.4) is 0 Å². The fraction of sp³-hybridized carbons (Fsp3) is 0.667. The van der Waals surface area contributed by atoms with Crippen molar-refractivity contribution in [2.45, 2.75) is 38.6 Å². The van der Waals surface area contributed by atoms with Crippen LogP contribution in [0.5, 0.6) is 0 Å². The highest BCUT2D eigenvalue weighted by atomic mass is 32.2. The van der Waals surface area contributed by atoms with Gasteiger partial charge in [-0.15, -0.1) is 0 Å². The number of ketones is 1. The van der Waals surface area contributed by atoms with Crippen LogP contribution in [0.4, 0.5) is 0 Å². The Balaban J connectivity index is 2.35. The molecule has 0 saturated carbocycles. The van der Waals surface area contributed by atoms with Crippen LogP contribution in [-0.4, -0.2) is 29.8 Å². The molecule has 0 fully saturated rings. The minimum atomic E-state index is -0.334. The van der Waals surface area contributed by atoms with Crippen LogP contribution >= 0.6 is 11.8 Å². The molecule has 0 radical (unpaired) electrons. The molecule has 0 aliphatic carbocycles. The Kier molecular flexibility index (Phi) is 5.68. The van der Waals surface area contributed by atoms with Crippen molar-refractivity contribution in [2.24, 2.45) is 11.7 Å². The van der Waals surface area contributed by atoms with Crippen LogP contribution in [0.15, 0.2) is 11.1 Å². The number of ether oxygens (including phenoxy) is 1. The number of thioether (sulfide) groups is 1. The second-order valence-corrected chi connectivity index (χ2v) is 5.64. The molecule has 1 heterocycles. The zero-order chi connectivity index (χ0) is 13.7. The molecule has 0 amide bonds. The van der Waals surface area contributed by atoms with Gasteiger partial charge in [0.25, 0.3) is 0 Å². The molecule has 18 heavy (non-hydrogen) atoms. The van der Waals surface area contributed by atoms with Gasteiger partial charge in [0, 0.05) is 19.4 Å². The largest absolute Gasteiger partial charge is 0.459 e. The van der Waals surface area contributed by atoms with Crippen LogP contribution in [0, 0.1) is 5.92 Å². The van der Waals surface area contributed by atoms with Gasteiger partial charge in [-0.2, -0.15) is 0 Å². The van der Waals surface area contributed by atoms with Crippen LogP contribution in [0.1, 0.15) is 27.2 Å². The summed E-state index contributed by atoms with van der Waals surface area (Å²) in [7, 11) is 0. The first-order valence-corrected chi connectivity index (χ1v) is 6.87. The van der Waals surface area contributed by atoms with Crippen LogP contribution in [0.2, 0.25) is 0 Å². The summed E-state index contributed by atoms with van der Waals surface area (Å²) in [5.41, 5.74) is 6.63. The van der Waals surface area contributed by atoms with E-state index < -0.39 is 0 Å². The lowest BCUT2D eigenvalue weighted by atomic mass is 10.00. The molecule has 0 saturated heterocycles. The van der Waals surface area contributed by atoms with Gasteiger partial charge in [-0.1, -0.05) is 25.6 Å². The predicted octanol–water partition coefficient (Wildman–Crippen LogP) is 0.996. The van der Waals surface area contributed by atoms with E-state index in [2.05, 4.69) is 5.32 Å². The Hall–Kier alpha value is -1.01. The third kappa shape index (κ3) is 4.70. The maximum absolute atomic E-state index is 11.9. The van der Waals surface area contributed by atoms with Gasteiger partial charge in [-0.05, 0) is 11.3 Å². The van der Waals surface area contributed by atoms with Gasteiger partial charge < -0.3 is 15.8 Å². The van der Waals surface area contributed by atoms with Gasteiger partial charge in [0.05, 0.1) is 5.70 Å². The Labute approximate surface area is 112 Å². The van der Waals surface area contributed by atoms with Gasteiger partial charge in [0.15, 0.2) is 5.78 Å². The van der Waals surface area contributed by atoms with E-state index in [9.17, 15) is 9.59 Å². The van der Waals surface area contributed by atoms with Gasteiger partial charge in [-0.25, -0.2) is 0 Å². The van der Waals surface area contributed by atoms with Crippen molar-refractivity contribution in [1.29, 1.82) is 0 Å². The summed E-state index contributed by atoms with van der Waals surface area (Å²) in [6, 6.07) is -0.114. The highest BCUT2D eigenvalue weighted by molar-refractivity contribution is 8.03. The fourth-order valence-electron chi connectivity index (χ4n) is 1.37. The second kappa shape index (κ2) is 6.80. The van der Waals surface area contributed by atoms with Crippen molar-refractivity contribution < 1.29 is 14.3 Å². The van der Waals surface area contributed by atoms with Gasteiger partial charge >= 0.3 is 5.97 Å². The number of nitrogens with one attached hydrogen (secondary N) is 1. The molecule has 6 heteroatoms. The Morgan fingerprint density at radius 2 is 2.22 bits per heavy atom. The SMILES string of the molecule is CC(=O)OCC1=CSC(C(=O)CC(N)C(C)C)N1. The van der Waals surface area contributed by atoms with E-state index in [1.54, 1.807) is 0 Å². The van der Waals surface area contributed by atoms with E-state index in [0.717, 1.165) is 5.70 Å². The summed E-state index contributed by atoms with van der Waals surface area (Å²) in [5.74, 6) is 0.0309. The minimum absolute atomic E-state index is 0.0790. The number of hydrogen-bond acceptors (Lipinski definition) is 6. The van der Waals surface area contributed by atoms with Gasteiger partial charge in [0.2, 0.25) is 0 Å². The van der Waals surface area contributed by atoms with Crippen LogP contribution < -0.4 is 11.1 Å². The molecule has 2 unspecified atom stereocenters. The van der Waals surface area contributed by atoms with E-state index in [1.165, 1.54) is 18.7 Å². The Bertz CT molecular complexity index is 355. The highest BCUT2D eigenvalue weighted by Crippen LogP contribution is 2.23. The lowest BCUT2D eigenvalue weighted by Gasteiger charge is -2.17. The van der Waals surface area contributed by atoms with Gasteiger partial charge in [-0.3, -0.25) is 9.59 Å². The summed E-state index contributed by atoms with van der Waals surface area (Å²) in [6.07, 6.45) is 0.358. The summed E-state index contributed by atoms with van der Waals surface area (Å²) >= 11 is 1.39. The van der Waals surface area contributed by atoms with Crippen molar-refractivity contribution >= 4 is 23.5 Å². The molecule has 0 aromatic heterocycles. The Morgan fingerprint density at radius 1 is 1.56 bits per heavy atom. The molecule has 2 atom stereocenters. The zero-order valence-electron chi connectivity index (χ0n) is 10.9. The molecule has 1 rings (SSSR count). The second-order valence-electron chi connectivity index (χ2n) is 4.66. The first-order valence-electron chi connectivity index (χ1n) is 5.93. The first kappa shape index (κ1) is 15.0. The van der Waals surface area contributed by atoms with E-state index in [1.807, 2.05) is 19.3 Å². The molecule has 0 aromatic rings.